The lowest BCUT2D eigenvalue weighted by Gasteiger charge is -2.20. The van der Waals surface area contributed by atoms with Gasteiger partial charge in [0.25, 0.3) is 0 Å². The first-order valence-corrected chi connectivity index (χ1v) is 5.88. The van der Waals surface area contributed by atoms with Gasteiger partial charge in [-0.3, -0.25) is 0 Å². The van der Waals surface area contributed by atoms with Crippen molar-refractivity contribution < 1.29 is 0 Å². The minimum atomic E-state index is 0.393. The lowest BCUT2D eigenvalue weighted by Crippen LogP contribution is -2.30. The van der Waals surface area contributed by atoms with E-state index in [2.05, 4.69) is 42.7 Å². The van der Waals surface area contributed by atoms with Gasteiger partial charge in [0.2, 0.25) is 0 Å². The Morgan fingerprint density at radius 2 is 2.20 bits per heavy atom. The van der Waals surface area contributed by atoms with Gasteiger partial charge in [-0.2, -0.15) is 0 Å². The molecule has 1 atom stereocenters. The molecule has 3 heteroatoms. The molecule has 1 unspecified atom stereocenters. The van der Waals surface area contributed by atoms with Crippen molar-refractivity contribution in [3.63, 3.8) is 0 Å². The Morgan fingerprint density at radius 3 is 2.67 bits per heavy atom. The van der Waals surface area contributed by atoms with E-state index in [0.717, 1.165) is 5.82 Å². The predicted octanol–water partition coefficient (Wildman–Crippen LogP) is 2.65. The van der Waals surface area contributed by atoms with E-state index >= 15 is 0 Å². The van der Waals surface area contributed by atoms with Crippen LogP contribution in [0.1, 0.15) is 51.9 Å². The number of imidazole rings is 1. The van der Waals surface area contributed by atoms with Crippen LogP contribution >= 0.6 is 0 Å². The van der Waals surface area contributed by atoms with E-state index < -0.39 is 0 Å². The maximum absolute atomic E-state index is 4.42. The molecule has 1 heterocycles. The number of aryl methyl sites for hydroxylation is 1. The van der Waals surface area contributed by atoms with Gasteiger partial charge < -0.3 is 9.88 Å². The normalized spacial score (nSPS) is 13.4. The fraction of sp³-hybridized carbons (Fsp3) is 0.750. The van der Waals surface area contributed by atoms with Gasteiger partial charge in [-0.15, -0.1) is 0 Å². The second-order valence-electron chi connectivity index (χ2n) is 4.41. The first kappa shape index (κ1) is 12.2. The molecule has 0 aliphatic carbocycles. The molecule has 0 aromatic carbocycles. The van der Waals surface area contributed by atoms with E-state index in [4.69, 9.17) is 0 Å². The van der Waals surface area contributed by atoms with Crippen LogP contribution < -0.4 is 5.32 Å². The smallest absolute Gasteiger partial charge is 0.125 e. The summed E-state index contributed by atoms with van der Waals surface area (Å²) < 4.78 is 2.11. The maximum atomic E-state index is 4.42. The average molecular weight is 209 g/mol. The summed E-state index contributed by atoms with van der Waals surface area (Å²) in [5, 5.41) is 3.57. The van der Waals surface area contributed by atoms with Crippen LogP contribution in [0.15, 0.2) is 12.4 Å². The lowest BCUT2D eigenvalue weighted by atomic mass is 10.1. The Bertz CT molecular complexity index is 278. The van der Waals surface area contributed by atoms with Crippen molar-refractivity contribution in [2.75, 3.05) is 0 Å². The number of aromatic nitrogens is 2. The van der Waals surface area contributed by atoms with Crippen molar-refractivity contribution in [2.45, 2.75) is 52.1 Å². The van der Waals surface area contributed by atoms with Crippen molar-refractivity contribution in [1.82, 2.24) is 14.9 Å². The number of rotatable bonds is 6. The monoisotopic (exact) mass is 209 g/mol. The number of hydrogen-bond acceptors (Lipinski definition) is 2. The molecule has 0 spiro atoms. The molecule has 1 aromatic heterocycles. The Hall–Kier alpha value is -0.830. The van der Waals surface area contributed by atoms with E-state index in [-0.39, 0.29) is 0 Å². The minimum Gasteiger partial charge on any atom is -0.337 e. The molecule has 0 radical (unpaired) electrons. The third kappa shape index (κ3) is 3.67. The van der Waals surface area contributed by atoms with Crippen LogP contribution in [0.3, 0.4) is 0 Å². The first-order chi connectivity index (χ1) is 7.15. The quantitative estimate of drug-likeness (QED) is 0.780. The molecule has 0 saturated carbocycles. The number of nitrogens with zero attached hydrogens (tertiary/aromatic N) is 2. The topological polar surface area (TPSA) is 29.9 Å². The summed E-state index contributed by atoms with van der Waals surface area (Å²) in [7, 11) is 2.06. The van der Waals surface area contributed by atoms with E-state index in [1.807, 2.05) is 12.4 Å². The summed E-state index contributed by atoms with van der Waals surface area (Å²) in [6, 6.07) is 0.897. The fourth-order valence-corrected chi connectivity index (χ4v) is 1.81. The van der Waals surface area contributed by atoms with Gasteiger partial charge in [-0.1, -0.05) is 33.6 Å². The summed E-state index contributed by atoms with van der Waals surface area (Å²) in [6.07, 6.45) is 7.53. The van der Waals surface area contributed by atoms with Gasteiger partial charge in [0.15, 0.2) is 0 Å². The predicted molar refractivity (Wildman–Crippen MR) is 63.7 cm³/mol. The molecular formula is C12H23N3. The highest BCUT2D eigenvalue weighted by molar-refractivity contribution is 4.99. The van der Waals surface area contributed by atoms with Gasteiger partial charge in [-0.05, 0) is 6.42 Å². The van der Waals surface area contributed by atoms with Gasteiger partial charge in [0.1, 0.15) is 5.82 Å². The van der Waals surface area contributed by atoms with Crippen molar-refractivity contribution in [2.24, 2.45) is 7.05 Å². The Kier molecular flexibility index (Phi) is 4.82. The van der Waals surface area contributed by atoms with Crippen LogP contribution in [-0.2, 0) is 7.05 Å². The average Bonchev–Trinajstić information content (AvgIpc) is 2.58. The van der Waals surface area contributed by atoms with E-state index in [0.29, 0.717) is 12.1 Å². The minimum absolute atomic E-state index is 0.393. The van der Waals surface area contributed by atoms with Crippen LogP contribution in [0.25, 0.3) is 0 Å². The molecule has 0 aliphatic heterocycles. The maximum Gasteiger partial charge on any atom is 0.125 e. The highest BCUT2D eigenvalue weighted by atomic mass is 15.1. The Morgan fingerprint density at radius 1 is 1.47 bits per heavy atom. The van der Waals surface area contributed by atoms with E-state index in [1.165, 1.54) is 19.3 Å². The lowest BCUT2D eigenvalue weighted by molar-refractivity contribution is 0.415. The van der Waals surface area contributed by atoms with Gasteiger partial charge in [-0.25, -0.2) is 4.98 Å². The van der Waals surface area contributed by atoms with Crippen LogP contribution in [0.2, 0.25) is 0 Å². The van der Waals surface area contributed by atoms with Crippen LogP contribution in [0.4, 0.5) is 0 Å². The van der Waals surface area contributed by atoms with Crippen molar-refractivity contribution in [3.8, 4) is 0 Å². The second kappa shape index (κ2) is 5.91. The van der Waals surface area contributed by atoms with Crippen LogP contribution in [0.5, 0.6) is 0 Å². The molecule has 1 aromatic rings. The molecule has 15 heavy (non-hydrogen) atoms. The zero-order chi connectivity index (χ0) is 11.3. The zero-order valence-electron chi connectivity index (χ0n) is 10.3. The molecule has 3 nitrogen and oxygen atoms in total. The van der Waals surface area contributed by atoms with Crippen LogP contribution in [-0.4, -0.2) is 15.6 Å². The van der Waals surface area contributed by atoms with E-state index in [9.17, 15) is 0 Å². The summed E-state index contributed by atoms with van der Waals surface area (Å²) in [4.78, 5) is 4.42. The third-order valence-corrected chi connectivity index (χ3v) is 2.55. The first-order valence-electron chi connectivity index (χ1n) is 5.88. The molecule has 1 rings (SSSR count). The summed E-state index contributed by atoms with van der Waals surface area (Å²) in [6.45, 7) is 6.59. The molecule has 1 N–H and O–H groups in total. The third-order valence-electron chi connectivity index (χ3n) is 2.55. The Labute approximate surface area is 92.9 Å². The molecule has 0 fully saturated rings. The summed E-state index contributed by atoms with van der Waals surface area (Å²) in [5.74, 6) is 1.15. The summed E-state index contributed by atoms with van der Waals surface area (Å²) >= 11 is 0. The molecule has 86 valence electrons. The van der Waals surface area contributed by atoms with Gasteiger partial charge >= 0.3 is 0 Å². The van der Waals surface area contributed by atoms with Gasteiger partial charge in [0.05, 0.1) is 6.04 Å². The SMILES string of the molecule is CCCCC(NC(C)C)c1nccn1C. The zero-order valence-corrected chi connectivity index (χ0v) is 10.3. The molecule has 0 bridgehead atoms. The van der Waals surface area contributed by atoms with Gasteiger partial charge in [0, 0.05) is 25.5 Å². The van der Waals surface area contributed by atoms with E-state index in [1.54, 1.807) is 0 Å². The highest BCUT2D eigenvalue weighted by Crippen LogP contribution is 2.17. The molecule has 0 aliphatic rings. The largest absolute Gasteiger partial charge is 0.337 e. The van der Waals surface area contributed by atoms with Crippen molar-refractivity contribution in [1.29, 1.82) is 0 Å². The molecule has 0 amide bonds. The number of nitrogens with one attached hydrogen (secondary N) is 1. The standard InChI is InChI=1S/C12H23N3/c1-5-6-7-11(14-10(2)3)12-13-8-9-15(12)4/h8-11,14H,5-7H2,1-4H3. The second-order valence-corrected chi connectivity index (χ2v) is 4.41. The highest BCUT2D eigenvalue weighted by Gasteiger charge is 2.15. The summed E-state index contributed by atoms with van der Waals surface area (Å²) in [5.41, 5.74) is 0. The molecular weight excluding hydrogens is 186 g/mol. The number of unbranched alkanes of at least 4 members (excludes halogenated alkanes) is 1. The number of hydrogen-bond donors (Lipinski definition) is 1. The van der Waals surface area contributed by atoms with Crippen LogP contribution in [0, 0.1) is 0 Å². The fourth-order valence-electron chi connectivity index (χ4n) is 1.81. The Balaban J connectivity index is 2.67. The van der Waals surface area contributed by atoms with Crippen molar-refractivity contribution in [3.05, 3.63) is 18.2 Å². The molecule has 0 saturated heterocycles. The van der Waals surface area contributed by atoms with Crippen molar-refractivity contribution >= 4 is 0 Å².